The van der Waals surface area contributed by atoms with Crippen LogP contribution < -0.4 is 15.4 Å². The SMILES string of the molecule is COc1cc(-c2nc(CNC(=O)CN3C(=O)NC(C)(C)C3=O)c(C)o2)ccc1O. The number of hydrogen-bond donors (Lipinski definition) is 3. The van der Waals surface area contributed by atoms with Crippen molar-refractivity contribution < 1.29 is 28.6 Å². The molecular weight excluding hydrogens is 380 g/mol. The highest BCUT2D eigenvalue weighted by Gasteiger charge is 2.44. The van der Waals surface area contributed by atoms with Gasteiger partial charge in [-0.2, -0.15) is 0 Å². The van der Waals surface area contributed by atoms with Gasteiger partial charge in [0.2, 0.25) is 11.8 Å². The lowest BCUT2D eigenvalue weighted by molar-refractivity contribution is -0.134. The summed E-state index contributed by atoms with van der Waals surface area (Å²) in [5, 5.41) is 14.8. The minimum Gasteiger partial charge on any atom is -0.504 e. The Labute approximate surface area is 166 Å². The fourth-order valence-corrected chi connectivity index (χ4v) is 2.87. The number of urea groups is 1. The Hall–Kier alpha value is -3.56. The second kappa shape index (κ2) is 7.46. The molecular formula is C19H22N4O6. The first-order valence-corrected chi connectivity index (χ1v) is 8.87. The summed E-state index contributed by atoms with van der Waals surface area (Å²) in [6.45, 7) is 4.53. The molecule has 0 radical (unpaired) electrons. The number of imide groups is 1. The molecule has 10 nitrogen and oxygen atoms in total. The zero-order valence-corrected chi connectivity index (χ0v) is 16.5. The van der Waals surface area contributed by atoms with E-state index in [1.165, 1.54) is 13.2 Å². The lowest BCUT2D eigenvalue weighted by Gasteiger charge is -2.15. The minimum absolute atomic E-state index is 0.00399. The first-order chi connectivity index (χ1) is 13.6. The van der Waals surface area contributed by atoms with Gasteiger partial charge in [-0.3, -0.25) is 14.5 Å². The number of aryl methyl sites for hydroxylation is 1. The molecule has 3 rings (SSSR count). The van der Waals surface area contributed by atoms with Gasteiger partial charge in [0.1, 0.15) is 23.5 Å². The number of carbonyl (C=O) groups is 3. The number of nitrogens with zero attached hydrogens (tertiary/aromatic N) is 2. The summed E-state index contributed by atoms with van der Waals surface area (Å²) >= 11 is 0. The Balaban J connectivity index is 1.65. The van der Waals surface area contributed by atoms with Crippen molar-refractivity contribution in [1.82, 2.24) is 20.5 Å². The fraction of sp³-hybridized carbons (Fsp3) is 0.368. The molecule has 0 bridgehead atoms. The third-order valence-corrected chi connectivity index (χ3v) is 4.52. The minimum atomic E-state index is -1.03. The molecule has 0 saturated carbocycles. The molecule has 2 aromatic rings. The van der Waals surface area contributed by atoms with Crippen LogP contribution in [0, 0.1) is 6.92 Å². The predicted octanol–water partition coefficient (Wildman–Crippen LogP) is 1.31. The smallest absolute Gasteiger partial charge is 0.325 e. The number of oxazole rings is 1. The number of benzene rings is 1. The zero-order chi connectivity index (χ0) is 21.3. The van der Waals surface area contributed by atoms with Crippen molar-refractivity contribution >= 4 is 17.8 Å². The second-order valence-electron chi connectivity index (χ2n) is 7.13. The Morgan fingerprint density at radius 3 is 2.72 bits per heavy atom. The monoisotopic (exact) mass is 402 g/mol. The maximum atomic E-state index is 12.2. The van der Waals surface area contributed by atoms with E-state index in [0.29, 0.717) is 22.9 Å². The number of amides is 4. The molecule has 1 saturated heterocycles. The quantitative estimate of drug-likeness (QED) is 0.620. The van der Waals surface area contributed by atoms with Crippen LogP contribution in [0.4, 0.5) is 4.79 Å². The Morgan fingerprint density at radius 2 is 2.10 bits per heavy atom. The molecule has 0 unspecified atom stereocenters. The van der Waals surface area contributed by atoms with Crippen LogP contribution in [0.25, 0.3) is 11.5 Å². The summed E-state index contributed by atoms with van der Waals surface area (Å²) in [5.74, 6) is 0.130. The van der Waals surface area contributed by atoms with Gasteiger partial charge in [-0.1, -0.05) is 0 Å². The molecule has 0 aliphatic carbocycles. The summed E-state index contributed by atoms with van der Waals surface area (Å²) in [5.41, 5.74) is 0.0694. The van der Waals surface area contributed by atoms with E-state index in [1.807, 2.05) is 0 Å². The van der Waals surface area contributed by atoms with Crippen molar-refractivity contribution in [3.05, 3.63) is 29.7 Å². The molecule has 0 spiro atoms. The van der Waals surface area contributed by atoms with E-state index in [2.05, 4.69) is 15.6 Å². The highest BCUT2D eigenvalue weighted by Crippen LogP contribution is 2.31. The third-order valence-electron chi connectivity index (χ3n) is 4.52. The largest absolute Gasteiger partial charge is 0.504 e. The van der Waals surface area contributed by atoms with Crippen molar-refractivity contribution in [3.63, 3.8) is 0 Å². The standard InChI is InChI=1S/C19H22N4O6/c1-10-12(21-16(29-10)11-5-6-13(24)14(7-11)28-4)8-20-15(25)9-23-17(26)19(2,3)22-18(23)27/h5-7,24H,8-9H2,1-4H3,(H,20,25)(H,22,27). The number of phenols is 1. The van der Waals surface area contributed by atoms with E-state index in [-0.39, 0.29) is 24.6 Å². The molecule has 10 heteroatoms. The highest BCUT2D eigenvalue weighted by atomic mass is 16.5. The van der Waals surface area contributed by atoms with Gasteiger partial charge in [0.05, 0.1) is 13.7 Å². The molecule has 3 N–H and O–H groups in total. The van der Waals surface area contributed by atoms with Crippen LogP contribution >= 0.6 is 0 Å². The summed E-state index contributed by atoms with van der Waals surface area (Å²) in [6, 6.07) is 4.08. The lowest BCUT2D eigenvalue weighted by atomic mass is 10.1. The first-order valence-electron chi connectivity index (χ1n) is 8.87. The van der Waals surface area contributed by atoms with Crippen LogP contribution in [0.1, 0.15) is 25.3 Å². The molecule has 29 heavy (non-hydrogen) atoms. The number of aromatic hydroxyl groups is 1. The van der Waals surface area contributed by atoms with E-state index in [9.17, 15) is 19.5 Å². The van der Waals surface area contributed by atoms with Crippen LogP contribution in [0.5, 0.6) is 11.5 Å². The Bertz CT molecular complexity index is 981. The van der Waals surface area contributed by atoms with Crippen LogP contribution in [0.2, 0.25) is 0 Å². The number of methoxy groups -OCH3 is 1. The lowest BCUT2D eigenvalue weighted by Crippen LogP contribution is -2.43. The van der Waals surface area contributed by atoms with Crippen molar-refractivity contribution in [2.24, 2.45) is 0 Å². The molecule has 4 amide bonds. The van der Waals surface area contributed by atoms with Crippen molar-refractivity contribution in [2.75, 3.05) is 13.7 Å². The number of rotatable bonds is 6. The second-order valence-corrected chi connectivity index (χ2v) is 7.13. The van der Waals surface area contributed by atoms with Gasteiger partial charge in [0.15, 0.2) is 11.5 Å². The first kappa shape index (κ1) is 20.2. The average molecular weight is 402 g/mol. The zero-order valence-electron chi connectivity index (χ0n) is 16.5. The van der Waals surface area contributed by atoms with Gasteiger partial charge in [-0.25, -0.2) is 9.78 Å². The number of ether oxygens (including phenoxy) is 1. The highest BCUT2D eigenvalue weighted by molar-refractivity contribution is 6.08. The van der Waals surface area contributed by atoms with Crippen LogP contribution in [-0.4, -0.2) is 52.0 Å². The van der Waals surface area contributed by atoms with Gasteiger partial charge in [-0.05, 0) is 39.0 Å². The average Bonchev–Trinajstić information content (AvgIpc) is 3.12. The number of phenolic OH excluding ortho intramolecular Hbond substituents is 1. The molecule has 2 heterocycles. The van der Waals surface area contributed by atoms with E-state index in [1.54, 1.807) is 32.9 Å². The molecule has 1 aromatic carbocycles. The maximum absolute atomic E-state index is 12.2. The summed E-state index contributed by atoms with van der Waals surface area (Å²) < 4.78 is 10.7. The fourth-order valence-electron chi connectivity index (χ4n) is 2.87. The van der Waals surface area contributed by atoms with Crippen molar-refractivity contribution in [2.45, 2.75) is 32.9 Å². The van der Waals surface area contributed by atoms with E-state index < -0.39 is 23.4 Å². The topological polar surface area (TPSA) is 134 Å². The summed E-state index contributed by atoms with van der Waals surface area (Å²) in [7, 11) is 1.44. The third kappa shape index (κ3) is 4.00. The van der Waals surface area contributed by atoms with E-state index >= 15 is 0 Å². The number of carbonyl (C=O) groups excluding carboxylic acids is 3. The van der Waals surface area contributed by atoms with Gasteiger partial charge >= 0.3 is 6.03 Å². The number of hydrogen-bond acceptors (Lipinski definition) is 7. The van der Waals surface area contributed by atoms with Crippen molar-refractivity contribution in [3.8, 4) is 23.0 Å². The molecule has 1 aromatic heterocycles. The maximum Gasteiger partial charge on any atom is 0.325 e. The number of aromatic nitrogens is 1. The van der Waals surface area contributed by atoms with E-state index in [4.69, 9.17) is 9.15 Å². The van der Waals surface area contributed by atoms with Gasteiger partial charge in [-0.15, -0.1) is 0 Å². The molecule has 1 aliphatic rings. The Kier molecular flexibility index (Phi) is 5.19. The number of nitrogens with one attached hydrogen (secondary N) is 2. The summed E-state index contributed by atoms with van der Waals surface area (Å²) in [4.78, 5) is 41.4. The van der Waals surface area contributed by atoms with Gasteiger partial charge in [0.25, 0.3) is 5.91 Å². The molecule has 1 aliphatic heterocycles. The van der Waals surface area contributed by atoms with Crippen LogP contribution in [-0.2, 0) is 16.1 Å². The van der Waals surface area contributed by atoms with E-state index in [0.717, 1.165) is 4.90 Å². The molecule has 1 fully saturated rings. The molecule has 154 valence electrons. The van der Waals surface area contributed by atoms with Gasteiger partial charge < -0.3 is 24.9 Å². The summed E-state index contributed by atoms with van der Waals surface area (Å²) in [6.07, 6.45) is 0. The predicted molar refractivity (Wildman–Crippen MR) is 101 cm³/mol. The van der Waals surface area contributed by atoms with Crippen molar-refractivity contribution in [1.29, 1.82) is 0 Å². The van der Waals surface area contributed by atoms with Gasteiger partial charge in [0, 0.05) is 5.56 Å². The normalized spacial score (nSPS) is 15.4. The van der Waals surface area contributed by atoms with Crippen LogP contribution in [0.15, 0.2) is 22.6 Å². The van der Waals surface area contributed by atoms with Crippen LogP contribution in [0.3, 0.4) is 0 Å². The molecule has 0 atom stereocenters. The Morgan fingerprint density at radius 1 is 1.38 bits per heavy atom.